The Morgan fingerprint density at radius 1 is 0.606 bits per heavy atom. The van der Waals surface area contributed by atoms with Crippen molar-refractivity contribution in [3.63, 3.8) is 0 Å². The Morgan fingerprint density at radius 2 is 1.03 bits per heavy atom. The van der Waals surface area contributed by atoms with Crippen LogP contribution in [-0.2, 0) is 4.79 Å². The van der Waals surface area contributed by atoms with Gasteiger partial charge in [0.1, 0.15) is 0 Å². The zero-order valence-electron chi connectivity index (χ0n) is 19.0. The zero-order valence-corrected chi connectivity index (χ0v) is 19.0. The average molecular weight is 449 g/mol. The Labute approximate surface area is 195 Å². The first kappa shape index (κ1) is 22.8. The van der Waals surface area contributed by atoms with Gasteiger partial charge in [0, 0.05) is 48.7 Å². The van der Waals surface area contributed by atoms with Gasteiger partial charge in [-0.15, -0.1) is 0 Å². The number of benzene rings is 2. The van der Waals surface area contributed by atoms with Gasteiger partial charge >= 0.3 is 0 Å². The lowest BCUT2D eigenvalue weighted by atomic mass is 10.1. The number of anilines is 2. The molecule has 4 rings (SSSR count). The fourth-order valence-corrected chi connectivity index (χ4v) is 4.37. The first-order valence-corrected chi connectivity index (χ1v) is 11.9. The molecular weight excluding hydrogens is 416 g/mol. The highest BCUT2D eigenvalue weighted by Gasteiger charge is 2.19. The van der Waals surface area contributed by atoms with E-state index in [0.29, 0.717) is 16.8 Å². The summed E-state index contributed by atoms with van der Waals surface area (Å²) in [5.41, 5.74) is 2.75. The van der Waals surface area contributed by atoms with Gasteiger partial charge in [-0.1, -0.05) is 12.8 Å². The topological polar surface area (TPSA) is 81.8 Å². The van der Waals surface area contributed by atoms with Gasteiger partial charge in [-0.05, 0) is 74.2 Å². The van der Waals surface area contributed by atoms with E-state index in [1.165, 1.54) is 12.8 Å². The van der Waals surface area contributed by atoms with Crippen LogP contribution in [0.5, 0.6) is 0 Å². The van der Waals surface area contributed by atoms with Gasteiger partial charge in [-0.3, -0.25) is 14.4 Å². The summed E-state index contributed by atoms with van der Waals surface area (Å²) in [6, 6.07) is 14.3. The van der Waals surface area contributed by atoms with Gasteiger partial charge in [0.05, 0.1) is 6.54 Å². The Balaban J connectivity index is 1.25. The number of hydrogen-bond donors (Lipinski definition) is 2. The predicted octanol–water partition coefficient (Wildman–Crippen LogP) is 3.99. The maximum absolute atomic E-state index is 12.7. The highest BCUT2D eigenvalue weighted by molar-refractivity contribution is 5.97. The van der Waals surface area contributed by atoms with Crippen molar-refractivity contribution in [3.8, 4) is 0 Å². The van der Waals surface area contributed by atoms with E-state index in [4.69, 9.17) is 0 Å². The summed E-state index contributed by atoms with van der Waals surface area (Å²) in [5, 5.41) is 5.93. The van der Waals surface area contributed by atoms with Gasteiger partial charge in [-0.2, -0.15) is 0 Å². The van der Waals surface area contributed by atoms with Crippen LogP contribution < -0.4 is 10.6 Å². The molecule has 2 fully saturated rings. The summed E-state index contributed by atoms with van der Waals surface area (Å²) in [5.74, 6) is -0.0588. The van der Waals surface area contributed by atoms with Gasteiger partial charge in [-0.25, -0.2) is 0 Å². The SMILES string of the molecule is O=C(CNc1ccc(C(=O)N2CCCC2)cc1)Nc1ccc(C(=O)N2CCCCCC2)cc1. The number of carbonyl (C=O) groups is 3. The van der Waals surface area contributed by atoms with Crippen molar-refractivity contribution in [1.82, 2.24) is 9.80 Å². The third-order valence-electron chi connectivity index (χ3n) is 6.29. The van der Waals surface area contributed by atoms with E-state index in [1.54, 1.807) is 36.4 Å². The van der Waals surface area contributed by atoms with Crippen LogP contribution in [-0.4, -0.2) is 60.2 Å². The molecule has 3 amide bonds. The largest absolute Gasteiger partial charge is 0.376 e. The number of nitrogens with zero attached hydrogens (tertiary/aromatic N) is 2. The summed E-state index contributed by atoms with van der Waals surface area (Å²) in [6.07, 6.45) is 6.62. The molecule has 0 unspecified atom stereocenters. The van der Waals surface area contributed by atoms with Crippen LogP contribution in [0.1, 0.15) is 59.2 Å². The minimum atomic E-state index is -0.182. The summed E-state index contributed by atoms with van der Waals surface area (Å²) in [7, 11) is 0. The molecule has 2 aromatic rings. The average Bonchev–Trinajstić information content (AvgIpc) is 3.25. The van der Waals surface area contributed by atoms with E-state index in [-0.39, 0.29) is 24.3 Å². The lowest BCUT2D eigenvalue weighted by Crippen LogP contribution is -2.31. The van der Waals surface area contributed by atoms with E-state index in [0.717, 1.165) is 57.5 Å². The molecule has 0 bridgehead atoms. The Morgan fingerprint density at radius 3 is 1.52 bits per heavy atom. The molecule has 7 heteroatoms. The summed E-state index contributed by atoms with van der Waals surface area (Å²) >= 11 is 0. The molecule has 174 valence electrons. The van der Waals surface area contributed by atoms with Gasteiger partial charge in [0.25, 0.3) is 11.8 Å². The van der Waals surface area contributed by atoms with Crippen LogP contribution in [0.15, 0.2) is 48.5 Å². The van der Waals surface area contributed by atoms with Crippen molar-refractivity contribution in [1.29, 1.82) is 0 Å². The number of hydrogen-bond acceptors (Lipinski definition) is 4. The van der Waals surface area contributed by atoms with E-state index in [9.17, 15) is 14.4 Å². The molecule has 2 aliphatic rings. The third-order valence-corrected chi connectivity index (χ3v) is 6.29. The molecule has 2 heterocycles. The van der Waals surface area contributed by atoms with Crippen LogP contribution in [0, 0.1) is 0 Å². The Kier molecular flexibility index (Phi) is 7.60. The van der Waals surface area contributed by atoms with Crippen molar-refractivity contribution in [2.45, 2.75) is 38.5 Å². The summed E-state index contributed by atoms with van der Waals surface area (Å²) in [6.45, 7) is 3.39. The van der Waals surface area contributed by atoms with Crippen LogP contribution in [0.4, 0.5) is 11.4 Å². The summed E-state index contributed by atoms with van der Waals surface area (Å²) < 4.78 is 0. The molecule has 2 N–H and O–H groups in total. The number of amides is 3. The Bertz CT molecular complexity index is 958. The smallest absolute Gasteiger partial charge is 0.253 e. The molecule has 0 aliphatic carbocycles. The van der Waals surface area contributed by atoms with E-state index >= 15 is 0 Å². The van der Waals surface area contributed by atoms with Crippen molar-refractivity contribution in [2.24, 2.45) is 0 Å². The summed E-state index contributed by atoms with van der Waals surface area (Å²) in [4.78, 5) is 41.2. The standard InChI is InChI=1S/C26H32N4O3/c31-24(19-27-22-11-7-20(8-12-22)25(32)30-17-5-6-18-30)28-23-13-9-21(10-14-23)26(33)29-15-3-1-2-4-16-29/h7-14,27H,1-6,15-19H2,(H,28,31). The quantitative estimate of drug-likeness (QED) is 0.700. The van der Waals surface area contributed by atoms with Gasteiger partial charge in [0.15, 0.2) is 0 Å². The number of carbonyl (C=O) groups excluding carboxylic acids is 3. The van der Waals surface area contributed by atoms with Crippen LogP contribution >= 0.6 is 0 Å². The maximum atomic E-state index is 12.7. The highest BCUT2D eigenvalue weighted by Crippen LogP contribution is 2.17. The molecule has 2 saturated heterocycles. The minimum absolute atomic E-state index is 0.0584. The van der Waals surface area contributed by atoms with Crippen molar-refractivity contribution >= 4 is 29.1 Å². The first-order chi connectivity index (χ1) is 16.1. The van der Waals surface area contributed by atoms with Crippen molar-refractivity contribution in [3.05, 3.63) is 59.7 Å². The second kappa shape index (κ2) is 11.0. The lowest BCUT2D eigenvalue weighted by Gasteiger charge is -2.20. The Hall–Kier alpha value is -3.35. The maximum Gasteiger partial charge on any atom is 0.253 e. The molecule has 0 saturated carbocycles. The van der Waals surface area contributed by atoms with Gasteiger partial charge < -0.3 is 20.4 Å². The normalized spacial score (nSPS) is 16.2. The molecule has 0 atom stereocenters. The highest BCUT2D eigenvalue weighted by atomic mass is 16.2. The van der Waals surface area contributed by atoms with Crippen LogP contribution in [0.2, 0.25) is 0 Å². The number of likely N-dealkylation sites (tertiary alicyclic amines) is 2. The zero-order chi connectivity index (χ0) is 23.0. The predicted molar refractivity (Wildman–Crippen MR) is 130 cm³/mol. The molecule has 2 aliphatic heterocycles. The van der Waals surface area contributed by atoms with E-state index < -0.39 is 0 Å². The molecule has 2 aromatic carbocycles. The van der Waals surface area contributed by atoms with Crippen LogP contribution in [0.3, 0.4) is 0 Å². The fourth-order valence-electron chi connectivity index (χ4n) is 4.37. The molecule has 7 nitrogen and oxygen atoms in total. The monoisotopic (exact) mass is 448 g/mol. The fraction of sp³-hybridized carbons (Fsp3) is 0.423. The molecule has 33 heavy (non-hydrogen) atoms. The lowest BCUT2D eigenvalue weighted by molar-refractivity contribution is -0.114. The number of rotatable bonds is 6. The third kappa shape index (κ3) is 6.12. The number of nitrogens with one attached hydrogen (secondary N) is 2. The van der Waals surface area contributed by atoms with E-state index in [1.807, 2.05) is 21.9 Å². The molecular formula is C26H32N4O3. The van der Waals surface area contributed by atoms with Crippen molar-refractivity contribution in [2.75, 3.05) is 43.4 Å². The molecule has 0 radical (unpaired) electrons. The minimum Gasteiger partial charge on any atom is -0.376 e. The second-order valence-corrected chi connectivity index (χ2v) is 8.76. The molecule has 0 aromatic heterocycles. The van der Waals surface area contributed by atoms with Crippen LogP contribution in [0.25, 0.3) is 0 Å². The first-order valence-electron chi connectivity index (χ1n) is 11.9. The van der Waals surface area contributed by atoms with Gasteiger partial charge in [0.2, 0.25) is 5.91 Å². The van der Waals surface area contributed by atoms with Crippen molar-refractivity contribution < 1.29 is 14.4 Å². The second-order valence-electron chi connectivity index (χ2n) is 8.76. The molecule has 0 spiro atoms. The van der Waals surface area contributed by atoms with E-state index in [2.05, 4.69) is 10.6 Å².